The van der Waals surface area contributed by atoms with Crippen LogP contribution >= 0.6 is 0 Å². The normalized spacial score (nSPS) is 10.4. The van der Waals surface area contributed by atoms with Gasteiger partial charge in [0.05, 0.1) is 6.54 Å². The molecular formula is C12H19N7. The molecule has 0 aliphatic rings. The Kier molecular flexibility index (Phi) is 4.68. The average Bonchev–Trinajstić information content (AvgIpc) is 2.94. The van der Waals surface area contributed by atoms with E-state index in [0.717, 1.165) is 37.3 Å². The van der Waals surface area contributed by atoms with E-state index in [4.69, 9.17) is 5.84 Å². The summed E-state index contributed by atoms with van der Waals surface area (Å²) in [5.74, 6) is 6.98. The van der Waals surface area contributed by atoms with Gasteiger partial charge in [-0.05, 0) is 12.5 Å². The Labute approximate surface area is 112 Å². The van der Waals surface area contributed by atoms with Crippen molar-refractivity contribution in [2.75, 3.05) is 17.3 Å². The predicted octanol–water partition coefficient (Wildman–Crippen LogP) is 1.02. The van der Waals surface area contributed by atoms with E-state index in [1.54, 1.807) is 6.20 Å². The quantitative estimate of drug-likeness (QED) is 0.509. The molecule has 0 aromatic carbocycles. The number of nitrogens with zero attached hydrogens (tertiary/aromatic N) is 4. The molecule has 7 heteroatoms. The van der Waals surface area contributed by atoms with Crippen molar-refractivity contribution < 1.29 is 0 Å². The highest BCUT2D eigenvalue weighted by Gasteiger charge is 2.09. The second-order valence-electron chi connectivity index (χ2n) is 4.14. The Balaban J connectivity index is 2.02. The van der Waals surface area contributed by atoms with Crippen molar-refractivity contribution in [3.63, 3.8) is 0 Å². The minimum absolute atomic E-state index is 0.679. The van der Waals surface area contributed by atoms with Crippen LogP contribution in [0.1, 0.15) is 18.9 Å². The number of hydrogen-bond acceptors (Lipinski definition) is 6. The number of nitrogens with one attached hydrogen (secondary N) is 2. The van der Waals surface area contributed by atoms with E-state index in [2.05, 4.69) is 32.7 Å². The molecule has 102 valence electrons. The standard InChI is InChI=1S/C12H19N7/c1-2-4-10-11(15-9-16-12(10)18-13)14-6-8-19-7-3-5-17-19/h3,5,7,9H,2,4,6,8,13H2,1H3,(H2,14,15,16,18). The number of rotatable bonds is 7. The lowest BCUT2D eigenvalue weighted by Gasteiger charge is -2.13. The minimum Gasteiger partial charge on any atom is -0.368 e. The van der Waals surface area contributed by atoms with E-state index >= 15 is 0 Å². The lowest BCUT2D eigenvalue weighted by Crippen LogP contribution is -2.16. The highest BCUT2D eigenvalue weighted by Crippen LogP contribution is 2.20. The maximum Gasteiger partial charge on any atom is 0.148 e. The van der Waals surface area contributed by atoms with Crippen molar-refractivity contribution in [2.24, 2.45) is 5.84 Å². The van der Waals surface area contributed by atoms with Crippen LogP contribution in [0.3, 0.4) is 0 Å². The van der Waals surface area contributed by atoms with Gasteiger partial charge in [-0.25, -0.2) is 15.8 Å². The molecule has 2 heterocycles. The Morgan fingerprint density at radius 2 is 2.16 bits per heavy atom. The smallest absolute Gasteiger partial charge is 0.148 e. The molecule has 0 saturated heterocycles. The molecule has 19 heavy (non-hydrogen) atoms. The zero-order chi connectivity index (χ0) is 13.5. The summed E-state index contributed by atoms with van der Waals surface area (Å²) in [6.07, 6.45) is 7.09. The van der Waals surface area contributed by atoms with Crippen molar-refractivity contribution >= 4 is 11.6 Å². The first-order valence-electron chi connectivity index (χ1n) is 6.37. The highest BCUT2D eigenvalue weighted by atomic mass is 15.3. The van der Waals surface area contributed by atoms with Gasteiger partial charge in [0.1, 0.15) is 18.0 Å². The first-order chi connectivity index (χ1) is 9.35. The van der Waals surface area contributed by atoms with Crippen LogP contribution in [0, 0.1) is 0 Å². The molecule has 7 nitrogen and oxygen atoms in total. The van der Waals surface area contributed by atoms with Gasteiger partial charge in [0.2, 0.25) is 0 Å². The van der Waals surface area contributed by atoms with Crippen LogP contribution in [0.25, 0.3) is 0 Å². The molecule has 2 aromatic heterocycles. The third kappa shape index (κ3) is 3.41. The fraction of sp³-hybridized carbons (Fsp3) is 0.417. The number of nitrogen functional groups attached to an aromatic ring is 1. The number of aromatic nitrogens is 4. The third-order valence-electron chi connectivity index (χ3n) is 2.77. The molecule has 4 N–H and O–H groups in total. The largest absolute Gasteiger partial charge is 0.368 e. The summed E-state index contributed by atoms with van der Waals surface area (Å²) in [6.45, 7) is 3.65. The van der Waals surface area contributed by atoms with E-state index in [9.17, 15) is 0 Å². The van der Waals surface area contributed by atoms with E-state index in [-0.39, 0.29) is 0 Å². The van der Waals surface area contributed by atoms with Crippen molar-refractivity contribution in [2.45, 2.75) is 26.3 Å². The van der Waals surface area contributed by atoms with E-state index in [1.807, 2.05) is 16.9 Å². The molecule has 0 amide bonds. The SMILES string of the molecule is CCCc1c(NN)ncnc1NCCn1cccn1. The number of hydrazine groups is 1. The van der Waals surface area contributed by atoms with Crippen LogP contribution < -0.4 is 16.6 Å². The first-order valence-corrected chi connectivity index (χ1v) is 6.37. The summed E-state index contributed by atoms with van der Waals surface area (Å²) >= 11 is 0. The Hall–Kier alpha value is -2.15. The summed E-state index contributed by atoms with van der Waals surface area (Å²) in [5, 5.41) is 7.46. The summed E-state index contributed by atoms with van der Waals surface area (Å²) < 4.78 is 1.87. The van der Waals surface area contributed by atoms with Crippen LogP contribution in [0.15, 0.2) is 24.8 Å². The molecule has 0 spiro atoms. The fourth-order valence-electron chi connectivity index (χ4n) is 1.90. The van der Waals surface area contributed by atoms with E-state index < -0.39 is 0 Å². The zero-order valence-corrected chi connectivity index (χ0v) is 11.0. The van der Waals surface area contributed by atoms with Crippen LogP contribution in [0.4, 0.5) is 11.6 Å². The van der Waals surface area contributed by atoms with Crippen molar-refractivity contribution in [3.8, 4) is 0 Å². The molecule has 0 saturated carbocycles. The van der Waals surface area contributed by atoms with Gasteiger partial charge in [0.15, 0.2) is 0 Å². The molecule has 2 rings (SSSR count). The second kappa shape index (κ2) is 6.69. The molecule has 0 radical (unpaired) electrons. The zero-order valence-electron chi connectivity index (χ0n) is 11.0. The van der Waals surface area contributed by atoms with Gasteiger partial charge < -0.3 is 10.7 Å². The van der Waals surface area contributed by atoms with Crippen molar-refractivity contribution in [1.82, 2.24) is 19.7 Å². The molecule has 0 bridgehead atoms. The van der Waals surface area contributed by atoms with Gasteiger partial charge >= 0.3 is 0 Å². The lowest BCUT2D eigenvalue weighted by atomic mass is 10.1. The molecule has 0 aliphatic carbocycles. The molecule has 2 aromatic rings. The van der Waals surface area contributed by atoms with Gasteiger partial charge in [0.25, 0.3) is 0 Å². The first kappa shape index (κ1) is 13.3. The Morgan fingerprint density at radius 3 is 2.84 bits per heavy atom. The minimum atomic E-state index is 0.679. The van der Waals surface area contributed by atoms with Crippen molar-refractivity contribution in [1.29, 1.82) is 0 Å². The maximum absolute atomic E-state index is 5.47. The topological polar surface area (TPSA) is 93.7 Å². The number of anilines is 2. The van der Waals surface area contributed by atoms with Crippen LogP contribution in [-0.4, -0.2) is 26.3 Å². The number of hydrogen-bond donors (Lipinski definition) is 3. The molecular weight excluding hydrogens is 242 g/mol. The summed E-state index contributed by atoms with van der Waals surface area (Å²) in [4.78, 5) is 8.41. The maximum atomic E-state index is 5.47. The predicted molar refractivity (Wildman–Crippen MR) is 74.6 cm³/mol. The van der Waals surface area contributed by atoms with Gasteiger partial charge in [-0.2, -0.15) is 5.10 Å². The monoisotopic (exact) mass is 261 g/mol. The van der Waals surface area contributed by atoms with Gasteiger partial charge in [-0.15, -0.1) is 0 Å². The fourth-order valence-corrected chi connectivity index (χ4v) is 1.90. The van der Waals surface area contributed by atoms with Crippen LogP contribution in [0.5, 0.6) is 0 Å². The average molecular weight is 261 g/mol. The van der Waals surface area contributed by atoms with E-state index in [0.29, 0.717) is 5.82 Å². The Morgan fingerprint density at radius 1 is 1.32 bits per heavy atom. The lowest BCUT2D eigenvalue weighted by molar-refractivity contribution is 0.636. The van der Waals surface area contributed by atoms with Crippen molar-refractivity contribution in [3.05, 3.63) is 30.4 Å². The summed E-state index contributed by atoms with van der Waals surface area (Å²) in [7, 11) is 0. The molecule has 0 fully saturated rings. The van der Waals surface area contributed by atoms with Gasteiger partial charge in [-0.3, -0.25) is 4.68 Å². The molecule has 0 unspecified atom stereocenters. The number of nitrogens with two attached hydrogens (primary N) is 1. The third-order valence-corrected chi connectivity index (χ3v) is 2.77. The second-order valence-corrected chi connectivity index (χ2v) is 4.14. The van der Waals surface area contributed by atoms with Gasteiger partial charge in [-0.1, -0.05) is 13.3 Å². The molecule has 0 aliphatic heterocycles. The van der Waals surface area contributed by atoms with Crippen LogP contribution in [0.2, 0.25) is 0 Å². The molecule has 0 atom stereocenters. The van der Waals surface area contributed by atoms with Crippen LogP contribution in [-0.2, 0) is 13.0 Å². The highest BCUT2D eigenvalue weighted by molar-refractivity contribution is 5.56. The summed E-state index contributed by atoms with van der Waals surface area (Å²) in [6, 6.07) is 1.91. The van der Waals surface area contributed by atoms with Gasteiger partial charge in [0, 0.05) is 24.5 Å². The Bertz CT molecular complexity index is 495. The van der Waals surface area contributed by atoms with E-state index in [1.165, 1.54) is 6.33 Å². The summed E-state index contributed by atoms with van der Waals surface area (Å²) in [5.41, 5.74) is 3.64.